The van der Waals surface area contributed by atoms with Gasteiger partial charge in [0, 0.05) is 0 Å². The van der Waals surface area contributed by atoms with E-state index in [0.717, 1.165) is 27.8 Å². The smallest absolute Gasteiger partial charge is 0.214 e. The summed E-state index contributed by atoms with van der Waals surface area (Å²) in [5, 5.41) is 32.5. The van der Waals surface area contributed by atoms with Crippen LogP contribution in [0.5, 0.6) is 0 Å². The standard InChI is InChI=1S/C21H19N7OS/c1-12-8-9-13(2)18(10-12)28-21(25-26-27-28)30-14(3)19(29)15(11-22)20-23-16-6-4-5-7-17(16)24-20/h4-10,14,29H,1-3H3,(H,23,24)/b19-15-/t14-/m0/s1. The maximum absolute atomic E-state index is 10.8. The van der Waals surface area contributed by atoms with Gasteiger partial charge in [0.1, 0.15) is 17.4 Å². The molecule has 4 aromatic rings. The molecule has 8 nitrogen and oxygen atoms in total. The molecule has 4 rings (SSSR count). The number of rotatable bonds is 5. The van der Waals surface area contributed by atoms with Crippen molar-refractivity contribution in [2.75, 3.05) is 0 Å². The Balaban J connectivity index is 1.67. The quantitative estimate of drug-likeness (QED) is 0.285. The summed E-state index contributed by atoms with van der Waals surface area (Å²) in [4.78, 5) is 7.51. The molecular weight excluding hydrogens is 398 g/mol. The molecule has 150 valence electrons. The first-order valence-corrected chi connectivity index (χ1v) is 10.2. The Kier molecular flexibility index (Phi) is 5.25. The average Bonchev–Trinajstić information content (AvgIpc) is 3.37. The van der Waals surface area contributed by atoms with E-state index in [1.54, 1.807) is 11.6 Å². The van der Waals surface area contributed by atoms with Crippen LogP contribution in [0.2, 0.25) is 0 Å². The van der Waals surface area contributed by atoms with Crippen LogP contribution in [0.4, 0.5) is 0 Å². The van der Waals surface area contributed by atoms with Crippen LogP contribution in [0.25, 0.3) is 22.3 Å². The van der Waals surface area contributed by atoms with Crippen LogP contribution in [-0.4, -0.2) is 40.5 Å². The number of nitrogens with zero attached hydrogens (tertiary/aromatic N) is 6. The zero-order chi connectivity index (χ0) is 21.3. The van der Waals surface area contributed by atoms with E-state index in [1.807, 2.05) is 56.3 Å². The molecule has 0 radical (unpaired) electrons. The van der Waals surface area contributed by atoms with Crippen LogP contribution in [0.1, 0.15) is 23.9 Å². The molecule has 9 heteroatoms. The Morgan fingerprint density at radius 1 is 1.23 bits per heavy atom. The molecule has 1 atom stereocenters. The van der Waals surface area contributed by atoms with Crippen LogP contribution >= 0.6 is 11.8 Å². The number of tetrazole rings is 1. The number of nitrogens with one attached hydrogen (secondary N) is 1. The van der Waals surface area contributed by atoms with E-state index in [0.29, 0.717) is 11.0 Å². The molecule has 0 fully saturated rings. The van der Waals surface area contributed by atoms with Crippen molar-refractivity contribution < 1.29 is 5.11 Å². The highest BCUT2D eigenvalue weighted by Gasteiger charge is 2.22. The Labute approximate surface area is 177 Å². The van der Waals surface area contributed by atoms with Gasteiger partial charge in [-0.3, -0.25) is 0 Å². The number of aliphatic hydroxyl groups excluding tert-OH is 1. The number of imidazole rings is 1. The number of aromatic amines is 1. The Bertz CT molecular complexity index is 1270. The highest BCUT2D eigenvalue weighted by Crippen LogP contribution is 2.30. The summed E-state index contributed by atoms with van der Waals surface area (Å²) >= 11 is 1.27. The second kappa shape index (κ2) is 8.00. The highest BCUT2D eigenvalue weighted by molar-refractivity contribution is 7.99. The molecule has 0 aliphatic carbocycles. The zero-order valence-corrected chi connectivity index (χ0v) is 17.5. The van der Waals surface area contributed by atoms with Gasteiger partial charge in [0.05, 0.1) is 22.0 Å². The maximum atomic E-state index is 10.8. The number of fused-ring (bicyclic) bond motifs is 1. The first-order valence-electron chi connectivity index (χ1n) is 9.29. The molecule has 0 spiro atoms. The lowest BCUT2D eigenvalue weighted by molar-refractivity contribution is 0.401. The lowest BCUT2D eigenvalue weighted by atomic mass is 10.1. The third kappa shape index (κ3) is 3.65. The molecular formula is C21H19N7OS. The van der Waals surface area contributed by atoms with Crippen molar-refractivity contribution in [2.24, 2.45) is 0 Å². The van der Waals surface area contributed by atoms with E-state index >= 15 is 0 Å². The zero-order valence-electron chi connectivity index (χ0n) is 16.7. The van der Waals surface area contributed by atoms with Crippen LogP contribution in [0, 0.1) is 25.2 Å². The summed E-state index contributed by atoms with van der Waals surface area (Å²) in [6.45, 7) is 5.78. The molecule has 0 saturated heterocycles. The van der Waals surface area contributed by atoms with E-state index in [1.165, 1.54) is 11.8 Å². The summed E-state index contributed by atoms with van der Waals surface area (Å²) < 4.78 is 1.64. The highest BCUT2D eigenvalue weighted by atomic mass is 32.2. The van der Waals surface area contributed by atoms with E-state index in [-0.39, 0.29) is 11.3 Å². The number of hydrogen-bond acceptors (Lipinski definition) is 7. The number of aryl methyl sites for hydroxylation is 2. The topological polar surface area (TPSA) is 116 Å². The second-order valence-electron chi connectivity index (χ2n) is 6.90. The number of aromatic nitrogens is 6. The minimum absolute atomic E-state index is 0.0860. The molecule has 0 aliphatic rings. The van der Waals surface area contributed by atoms with Gasteiger partial charge in [-0.05, 0) is 60.5 Å². The summed E-state index contributed by atoms with van der Waals surface area (Å²) in [5.41, 5.74) is 4.61. The number of benzene rings is 2. The molecule has 30 heavy (non-hydrogen) atoms. The molecule has 2 aromatic heterocycles. The van der Waals surface area contributed by atoms with Crippen LogP contribution in [-0.2, 0) is 0 Å². The fraction of sp³-hybridized carbons (Fsp3) is 0.190. The lowest BCUT2D eigenvalue weighted by Gasteiger charge is -2.13. The van der Waals surface area contributed by atoms with Gasteiger partial charge >= 0.3 is 0 Å². The van der Waals surface area contributed by atoms with Crippen molar-refractivity contribution in [2.45, 2.75) is 31.2 Å². The normalized spacial score (nSPS) is 13.1. The predicted octanol–water partition coefficient (Wildman–Crippen LogP) is 4.13. The number of aliphatic hydroxyl groups is 1. The SMILES string of the molecule is Cc1ccc(C)c(-n2nnnc2S[C@@H](C)/C(O)=C(\C#N)c2nc3ccccc3[nH]2)c1. The van der Waals surface area contributed by atoms with Crippen molar-refractivity contribution in [3.05, 3.63) is 65.2 Å². The largest absolute Gasteiger partial charge is 0.510 e. The summed E-state index contributed by atoms with van der Waals surface area (Å²) in [7, 11) is 0. The Morgan fingerprint density at radius 2 is 2.03 bits per heavy atom. The molecule has 0 amide bonds. The van der Waals surface area contributed by atoms with E-state index in [2.05, 4.69) is 31.6 Å². The van der Waals surface area contributed by atoms with E-state index in [9.17, 15) is 10.4 Å². The number of para-hydroxylation sites is 2. The van der Waals surface area contributed by atoms with Gasteiger partial charge in [0.25, 0.3) is 0 Å². The number of H-pyrrole nitrogens is 1. The van der Waals surface area contributed by atoms with Gasteiger partial charge in [0.2, 0.25) is 5.16 Å². The van der Waals surface area contributed by atoms with E-state index < -0.39 is 5.25 Å². The van der Waals surface area contributed by atoms with E-state index in [4.69, 9.17) is 0 Å². The molecule has 0 saturated carbocycles. The molecule has 2 heterocycles. The number of hydrogen-bond donors (Lipinski definition) is 2. The molecule has 0 aliphatic heterocycles. The fourth-order valence-corrected chi connectivity index (χ4v) is 3.94. The maximum Gasteiger partial charge on any atom is 0.214 e. The van der Waals surface area contributed by atoms with Crippen molar-refractivity contribution in [1.29, 1.82) is 5.26 Å². The van der Waals surface area contributed by atoms with Crippen LogP contribution in [0.3, 0.4) is 0 Å². The van der Waals surface area contributed by atoms with Crippen LogP contribution < -0.4 is 0 Å². The minimum Gasteiger partial charge on any atom is -0.510 e. The number of nitriles is 1. The monoisotopic (exact) mass is 417 g/mol. The van der Waals surface area contributed by atoms with Gasteiger partial charge in [-0.15, -0.1) is 5.10 Å². The van der Waals surface area contributed by atoms with Gasteiger partial charge in [0.15, 0.2) is 5.82 Å². The lowest BCUT2D eigenvalue weighted by Crippen LogP contribution is -2.08. The van der Waals surface area contributed by atoms with Gasteiger partial charge in [-0.1, -0.05) is 36.0 Å². The third-order valence-corrected chi connectivity index (χ3v) is 5.74. The van der Waals surface area contributed by atoms with Gasteiger partial charge < -0.3 is 10.1 Å². The molecule has 2 aromatic carbocycles. The van der Waals surface area contributed by atoms with Crippen molar-refractivity contribution in [1.82, 2.24) is 30.2 Å². The Hall–Kier alpha value is -3.64. The van der Waals surface area contributed by atoms with Crippen molar-refractivity contribution in [3.8, 4) is 11.8 Å². The fourth-order valence-electron chi connectivity index (χ4n) is 3.07. The molecule has 0 unspecified atom stereocenters. The molecule has 0 bridgehead atoms. The predicted molar refractivity (Wildman–Crippen MR) is 115 cm³/mol. The first kappa shape index (κ1) is 19.7. The summed E-state index contributed by atoms with van der Waals surface area (Å²) in [6, 6.07) is 15.6. The van der Waals surface area contributed by atoms with Crippen molar-refractivity contribution >= 4 is 28.4 Å². The van der Waals surface area contributed by atoms with Crippen LogP contribution in [0.15, 0.2) is 53.4 Å². The summed E-state index contributed by atoms with van der Waals surface area (Å²) in [5.74, 6) is 0.245. The molecule has 2 N–H and O–H groups in total. The van der Waals surface area contributed by atoms with Crippen molar-refractivity contribution in [3.63, 3.8) is 0 Å². The average molecular weight is 417 g/mol. The minimum atomic E-state index is -0.470. The summed E-state index contributed by atoms with van der Waals surface area (Å²) in [6.07, 6.45) is 0. The van der Waals surface area contributed by atoms with Gasteiger partial charge in [-0.2, -0.15) is 9.94 Å². The second-order valence-corrected chi connectivity index (χ2v) is 8.21. The Morgan fingerprint density at radius 3 is 2.80 bits per heavy atom. The number of thioether (sulfide) groups is 1. The number of allylic oxidation sites excluding steroid dienone is 1. The third-order valence-electron chi connectivity index (χ3n) is 4.70. The first-order chi connectivity index (χ1) is 14.5. The van der Waals surface area contributed by atoms with Gasteiger partial charge in [-0.25, -0.2) is 4.98 Å².